The number of amides is 3. The van der Waals surface area contributed by atoms with E-state index in [1.165, 1.54) is 5.56 Å². The van der Waals surface area contributed by atoms with Gasteiger partial charge in [0.15, 0.2) is 0 Å². The van der Waals surface area contributed by atoms with Crippen LogP contribution in [-0.4, -0.2) is 43.1 Å². The molecule has 7 heteroatoms. The highest BCUT2D eigenvalue weighted by Crippen LogP contribution is 2.18. The zero-order valence-electron chi connectivity index (χ0n) is 15.1. The smallest absolute Gasteiger partial charge is 0.318 e. The van der Waals surface area contributed by atoms with Gasteiger partial charge in [0.1, 0.15) is 12.4 Å². The van der Waals surface area contributed by atoms with Crippen LogP contribution in [0.5, 0.6) is 5.75 Å². The monoisotopic (exact) mass is 368 g/mol. The van der Waals surface area contributed by atoms with Crippen molar-refractivity contribution >= 4 is 17.6 Å². The molecule has 2 aromatic carbocycles. The number of carbonyl (C=O) groups is 2. The maximum atomic E-state index is 12.3. The molecule has 0 radical (unpaired) electrons. The number of fused-ring (bicyclic) bond motifs is 1. The summed E-state index contributed by atoms with van der Waals surface area (Å²) in [6.45, 7) is 2.02. The zero-order valence-corrected chi connectivity index (χ0v) is 15.1. The first-order valence-electron chi connectivity index (χ1n) is 8.98. The molecule has 0 saturated heterocycles. The molecule has 142 valence electrons. The van der Waals surface area contributed by atoms with Gasteiger partial charge in [0, 0.05) is 25.3 Å². The summed E-state index contributed by atoms with van der Waals surface area (Å²) in [6, 6.07) is 14.9. The molecule has 1 heterocycles. The van der Waals surface area contributed by atoms with E-state index in [9.17, 15) is 9.59 Å². The number of anilines is 1. The van der Waals surface area contributed by atoms with E-state index in [2.05, 4.69) is 16.7 Å². The van der Waals surface area contributed by atoms with Crippen LogP contribution in [0.1, 0.15) is 11.1 Å². The van der Waals surface area contributed by atoms with E-state index < -0.39 is 0 Å². The van der Waals surface area contributed by atoms with Crippen molar-refractivity contribution in [3.63, 3.8) is 0 Å². The van der Waals surface area contributed by atoms with E-state index in [4.69, 9.17) is 10.5 Å². The maximum absolute atomic E-state index is 12.3. The van der Waals surface area contributed by atoms with Crippen molar-refractivity contribution in [2.24, 2.45) is 5.73 Å². The number of nitrogens with two attached hydrogens (primary N) is 1. The lowest BCUT2D eigenvalue weighted by Crippen LogP contribution is -2.45. The number of benzene rings is 2. The van der Waals surface area contributed by atoms with Crippen LogP contribution in [0.3, 0.4) is 0 Å². The van der Waals surface area contributed by atoms with Crippen LogP contribution in [0.15, 0.2) is 48.5 Å². The van der Waals surface area contributed by atoms with E-state index in [0.717, 1.165) is 12.0 Å². The lowest BCUT2D eigenvalue weighted by Gasteiger charge is -2.28. The van der Waals surface area contributed by atoms with Crippen LogP contribution in [-0.2, 0) is 17.8 Å². The molecule has 3 rings (SSSR count). The molecule has 0 aromatic heterocycles. The van der Waals surface area contributed by atoms with Crippen LogP contribution in [0.2, 0.25) is 0 Å². The largest absolute Gasteiger partial charge is 0.492 e. The molecule has 0 atom stereocenters. The van der Waals surface area contributed by atoms with E-state index in [-0.39, 0.29) is 18.5 Å². The second kappa shape index (κ2) is 9.05. The van der Waals surface area contributed by atoms with Crippen LogP contribution in [0.25, 0.3) is 0 Å². The third kappa shape index (κ3) is 5.21. The summed E-state index contributed by atoms with van der Waals surface area (Å²) >= 11 is 0. The van der Waals surface area contributed by atoms with Gasteiger partial charge in [0.2, 0.25) is 5.91 Å². The Hall–Kier alpha value is -3.06. The summed E-state index contributed by atoms with van der Waals surface area (Å²) in [5, 5.41) is 5.43. The molecular weight excluding hydrogens is 344 g/mol. The third-order valence-corrected chi connectivity index (χ3v) is 4.34. The Bertz CT molecular complexity index is 792. The highest BCUT2D eigenvalue weighted by molar-refractivity contribution is 5.94. The number of hydrogen-bond donors (Lipinski definition) is 3. The number of ether oxygens (including phenoxy) is 1. The van der Waals surface area contributed by atoms with Crippen molar-refractivity contribution in [3.05, 3.63) is 59.7 Å². The Labute approximate surface area is 158 Å². The normalized spacial score (nSPS) is 12.9. The van der Waals surface area contributed by atoms with Gasteiger partial charge in [0.05, 0.1) is 6.54 Å². The van der Waals surface area contributed by atoms with E-state index in [1.807, 2.05) is 18.2 Å². The minimum atomic E-state index is -0.281. The summed E-state index contributed by atoms with van der Waals surface area (Å²) in [4.78, 5) is 26.1. The standard InChI is InChI=1S/C20H24N4O3/c21-10-12-27-18-7-5-17(6-8-18)23-19(25)13-22-20(26)24-11-9-15-3-1-2-4-16(15)14-24/h1-8H,9-14,21H2,(H,22,26)(H,23,25). The van der Waals surface area contributed by atoms with Crippen LogP contribution in [0.4, 0.5) is 10.5 Å². The van der Waals surface area contributed by atoms with E-state index in [0.29, 0.717) is 37.7 Å². The second-order valence-electron chi connectivity index (χ2n) is 6.31. The molecule has 4 N–H and O–H groups in total. The Morgan fingerprint density at radius 3 is 2.56 bits per heavy atom. The molecule has 1 aliphatic heterocycles. The molecular formula is C20H24N4O3. The summed E-state index contributed by atoms with van der Waals surface area (Å²) < 4.78 is 5.39. The predicted molar refractivity (Wildman–Crippen MR) is 104 cm³/mol. The van der Waals surface area contributed by atoms with Gasteiger partial charge in [-0.1, -0.05) is 24.3 Å². The third-order valence-electron chi connectivity index (χ3n) is 4.34. The number of carbonyl (C=O) groups excluding carboxylic acids is 2. The van der Waals surface area contributed by atoms with Crippen molar-refractivity contribution in [1.82, 2.24) is 10.2 Å². The highest BCUT2D eigenvalue weighted by Gasteiger charge is 2.20. The fourth-order valence-corrected chi connectivity index (χ4v) is 2.95. The van der Waals surface area contributed by atoms with Gasteiger partial charge in [-0.25, -0.2) is 4.79 Å². The van der Waals surface area contributed by atoms with Gasteiger partial charge in [-0.3, -0.25) is 4.79 Å². The molecule has 0 fully saturated rings. The van der Waals surface area contributed by atoms with Crippen molar-refractivity contribution < 1.29 is 14.3 Å². The molecule has 0 spiro atoms. The molecule has 0 bridgehead atoms. The fraction of sp³-hybridized carbons (Fsp3) is 0.300. The molecule has 0 aliphatic carbocycles. The SMILES string of the molecule is NCCOc1ccc(NC(=O)CNC(=O)N2CCc3ccccc3C2)cc1. The van der Waals surface area contributed by atoms with Crippen molar-refractivity contribution in [1.29, 1.82) is 0 Å². The first-order chi connectivity index (χ1) is 13.2. The first kappa shape index (κ1) is 18.7. The molecule has 0 saturated carbocycles. The van der Waals surface area contributed by atoms with Crippen molar-refractivity contribution in [2.75, 3.05) is 31.6 Å². The number of nitrogens with one attached hydrogen (secondary N) is 2. The predicted octanol–water partition coefficient (Wildman–Crippen LogP) is 1.73. The first-order valence-corrected chi connectivity index (χ1v) is 8.98. The Morgan fingerprint density at radius 1 is 1.07 bits per heavy atom. The Kier molecular flexibility index (Phi) is 6.27. The average Bonchev–Trinajstić information content (AvgIpc) is 2.71. The van der Waals surface area contributed by atoms with Crippen LogP contribution >= 0.6 is 0 Å². The average molecular weight is 368 g/mol. The zero-order chi connectivity index (χ0) is 19.1. The molecule has 1 aliphatic rings. The van der Waals surface area contributed by atoms with Gasteiger partial charge >= 0.3 is 6.03 Å². The topological polar surface area (TPSA) is 96.7 Å². The summed E-state index contributed by atoms with van der Waals surface area (Å²) in [5.41, 5.74) is 8.46. The van der Waals surface area contributed by atoms with Gasteiger partial charge in [-0.05, 0) is 41.8 Å². The van der Waals surface area contributed by atoms with Gasteiger partial charge < -0.3 is 26.0 Å². The molecule has 0 unspecified atom stereocenters. The van der Waals surface area contributed by atoms with Crippen molar-refractivity contribution in [3.8, 4) is 5.75 Å². The lowest BCUT2D eigenvalue weighted by molar-refractivity contribution is -0.115. The summed E-state index contributed by atoms with van der Waals surface area (Å²) in [6.07, 6.45) is 0.828. The van der Waals surface area contributed by atoms with Gasteiger partial charge in [-0.2, -0.15) is 0 Å². The number of rotatable bonds is 6. The van der Waals surface area contributed by atoms with E-state index in [1.54, 1.807) is 29.2 Å². The second-order valence-corrected chi connectivity index (χ2v) is 6.31. The lowest BCUT2D eigenvalue weighted by atomic mass is 10.0. The fourth-order valence-electron chi connectivity index (χ4n) is 2.95. The van der Waals surface area contributed by atoms with Gasteiger partial charge in [0.25, 0.3) is 0 Å². The van der Waals surface area contributed by atoms with Gasteiger partial charge in [-0.15, -0.1) is 0 Å². The number of nitrogens with zero attached hydrogens (tertiary/aromatic N) is 1. The number of urea groups is 1. The van der Waals surface area contributed by atoms with E-state index >= 15 is 0 Å². The number of hydrogen-bond acceptors (Lipinski definition) is 4. The van der Waals surface area contributed by atoms with Crippen LogP contribution in [0, 0.1) is 0 Å². The van der Waals surface area contributed by atoms with Crippen LogP contribution < -0.4 is 21.1 Å². The molecule has 7 nitrogen and oxygen atoms in total. The summed E-state index contributed by atoms with van der Waals surface area (Å²) in [7, 11) is 0. The molecule has 27 heavy (non-hydrogen) atoms. The Balaban J connectivity index is 1.44. The summed E-state index contributed by atoms with van der Waals surface area (Å²) in [5.74, 6) is 0.411. The Morgan fingerprint density at radius 2 is 1.81 bits per heavy atom. The molecule has 2 aromatic rings. The molecule has 3 amide bonds. The minimum absolute atomic E-state index is 0.0809. The van der Waals surface area contributed by atoms with Crippen molar-refractivity contribution in [2.45, 2.75) is 13.0 Å². The quantitative estimate of drug-likeness (QED) is 0.723. The maximum Gasteiger partial charge on any atom is 0.318 e. The highest BCUT2D eigenvalue weighted by atomic mass is 16.5. The minimum Gasteiger partial charge on any atom is -0.492 e.